The Hall–Kier alpha value is -2.35. The number of carbonyl (C=O) groups is 2. The summed E-state index contributed by atoms with van der Waals surface area (Å²) in [7, 11) is 0. The number of hydrogen-bond donors (Lipinski definition) is 2. The number of carbonyl (C=O) groups excluding carboxylic acids is 1. The SMILES string of the molecule is Cc1c(OCCF)ccc(C(=O)O)c1OC(N)CCC(=O)OC(C)(C)C. The summed E-state index contributed by atoms with van der Waals surface area (Å²) in [4.78, 5) is 23.2. The third-order valence-corrected chi connectivity index (χ3v) is 3.24. The van der Waals surface area contributed by atoms with E-state index in [9.17, 15) is 19.1 Å². The average molecular weight is 371 g/mol. The van der Waals surface area contributed by atoms with Crippen LogP contribution in [-0.2, 0) is 9.53 Å². The highest BCUT2D eigenvalue weighted by Gasteiger charge is 2.21. The molecule has 0 spiro atoms. The van der Waals surface area contributed by atoms with Crippen LogP contribution in [0.25, 0.3) is 0 Å². The molecule has 1 aromatic carbocycles. The van der Waals surface area contributed by atoms with E-state index in [4.69, 9.17) is 19.9 Å². The summed E-state index contributed by atoms with van der Waals surface area (Å²) < 4.78 is 28.3. The van der Waals surface area contributed by atoms with Crippen molar-refractivity contribution in [1.82, 2.24) is 0 Å². The minimum atomic E-state index is -1.19. The third kappa shape index (κ3) is 6.87. The lowest BCUT2D eigenvalue weighted by Crippen LogP contribution is -2.30. The van der Waals surface area contributed by atoms with Crippen molar-refractivity contribution in [2.24, 2.45) is 5.73 Å². The number of hydrogen-bond acceptors (Lipinski definition) is 6. The normalized spacial score (nSPS) is 12.4. The lowest BCUT2D eigenvalue weighted by Gasteiger charge is -2.21. The van der Waals surface area contributed by atoms with E-state index in [0.29, 0.717) is 11.3 Å². The topological polar surface area (TPSA) is 108 Å². The molecule has 26 heavy (non-hydrogen) atoms. The van der Waals surface area contributed by atoms with E-state index in [0.717, 1.165) is 0 Å². The average Bonchev–Trinajstić information content (AvgIpc) is 2.51. The second-order valence-corrected chi connectivity index (χ2v) is 6.69. The Morgan fingerprint density at radius 1 is 1.31 bits per heavy atom. The zero-order chi connectivity index (χ0) is 19.9. The van der Waals surface area contributed by atoms with Crippen LogP contribution >= 0.6 is 0 Å². The van der Waals surface area contributed by atoms with E-state index in [-0.39, 0.29) is 30.8 Å². The standard InChI is InChI=1S/C18H26FNO6/c1-11-13(24-10-9-19)6-5-12(17(22)23)16(11)25-14(20)7-8-15(21)26-18(2,3)4/h5-6,14H,7-10,20H2,1-4H3,(H,22,23). The fraction of sp³-hybridized carbons (Fsp3) is 0.556. The van der Waals surface area contributed by atoms with E-state index in [1.807, 2.05) is 0 Å². The van der Waals surface area contributed by atoms with Crippen molar-refractivity contribution >= 4 is 11.9 Å². The highest BCUT2D eigenvalue weighted by atomic mass is 19.1. The Kier molecular flexibility index (Phi) is 7.82. The van der Waals surface area contributed by atoms with Crippen LogP contribution in [0.1, 0.15) is 49.5 Å². The maximum absolute atomic E-state index is 12.3. The smallest absolute Gasteiger partial charge is 0.339 e. The molecule has 0 aromatic heterocycles. The van der Waals surface area contributed by atoms with Crippen LogP contribution in [0.4, 0.5) is 4.39 Å². The minimum Gasteiger partial charge on any atom is -0.490 e. The predicted molar refractivity (Wildman–Crippen MR) is 93.3 cm³/mol. The molecule has 1 unspecified atom stereocenters. The molecule has 0 heterocycles. The van der Waals surface area contributed by atoms with Crippen molar-refractivity contribution in [3.05, 3.63) is 23.3 Å². The van der Waals surface area contributed by atoms with Crippen LogP contribution in [0.3, 0.4) is 0 Å². The van der Waals surface area contributed by atoms with Gasteiger partial charge in [-0.2, -0.15) is 0 Å². The Morgan fingerprint density at radius 3 is 2.50 bits per heavy atom. The quantitative estimate of drug-likeness (QED) is 0.507. The third-order valence-electron chi connectivity index (χ3n) is 3.24. The minimum absolute atomic E-state index is 0.0257. The molecule has 0 radical (unpaired) electrons. The summed E-state index contributed by atoms with van der Waals surface area (Å²) in [5, 5.41) is 9.32. The van der Waals surface area contributed by atoms with Crippen LogP contribution < -0.4 is 15.2 Å². The monoisotopic (exact) mass is 371 g/mol. The Balaban J connectivity index is 2.85. The number of carboxylic acids is 1. The number of esters is 1. The number of benzene rings is 1. The van der Waals surface area contributed by atoms with Crippen LogP contribution in [0.5, 0.6) is 11.5 Å². The van der Waals surface area contributed by atoms with Crippen molar-refractivity contribution in [3.63, 3.8) is 0 Å². The van der Waals surface area contributed by atoms with Crippen molar-refractivity contribution < 1.29 is 33.3 Å². The number of aromatic carboxylic acids is 1. The van der Waals surface area contributed by atoms with Gasteiger partial charge in [-0.05, 0) is 39.8 Å². The van der Waals surface area contributed by atoms with Gasteiger partial charge in [-0.3, -0.25) is 10.5 Å². The van der Waals surface area contributed by atoms with E-state index < -0.39 is 30.4 Å². The van der Waals surface area contributed by atoms with E-state index in [2.05, 4.69) is 0 Å². The number of carboxylic acid groups (broad SMARTS) is 1. The van der Waals surface area contributed by atoms with E-state index in [1.165, 1.54) is 12.1 Å². The molecule has 0 aliphatic heterocycles. The lowest BCUT2D eigenvalue weighted by atomic mass is 10.1. The van der Waals surface area contributed by atoms with Crippen LogP contribution in [-0.4, -0.2) is 42.2 Å². The number of alkyl halides is 1. The summed E-state index contributed by atoms with van der Waals surface area (Å²) in [5.41, 5.74) is 5.58. The van der Waals surface area contributed by atoms with Gasteiger partial charge in [0.1, 0.15) is 42.2 Å². The summed E-state index contributed by atoms with van der Waals surface area (Å²) >= 11 is 0. The second-order valence-electron chi connectivity index (χ2n) is 6.69. The highest BCUT2D eigenvalue weighted by molar-refractivity contribution is 5.92. The molecule has 0 aliphatic rings. The molecule has 8 heteroatoms. The van der Waals surface area contributed by atoms with Gasteiger partial charge in [0.2, 0.25) is 0 Å². The molecule has 146 valence electrons. The van der Waals surface area contributed by atoms with Gasteiger partial charge in [0.15, 0.2) is 0 Å². The number of ether oxygens (including phenoxy) is 3. The number of halogens is 1. The van der Waals surface area contributed by atoms with Gasteiger partial charge in [-0.1, -0.05) is 0 Å². The summed E-state index contributed by atoms with van der Waals surface area (Å²) in [6, 6.07) is 2.74. The molecule has 0 amide bonds. The van der Waals surface area contributed by atoms with Gasteiger partial charge in [0.25, 0.3) is 0 Å². The lowest BCUT2D eigenvalue weighted by molar-refractivity contribution is -0.155. The molecule has 1 rings (SSSR count). The van der Waals surface area contributed by atoms with Gasteiger partial charge in [0.05, 0.1) is 6.42 Å². The van der Waals surface area contributed by atoms with Crippen molar-refractivity contribution in [2.45, 2.75) is 52.4 Å². The first kappa shape index (κ1) is 21.7. The first-order chi connectivity index (χ1) is 12.0. The molecule has 0 aliphatic carbocycles. The molecule has 7 nitrogen and oxygen atoms in total. The largest absolute Gasteiger partial charge is 0.490 e. The zero-order valence-electron chi connectivity index (χ0n) is 15.5. The zero-order valence-corrected chi connectivity index (χ0v) is 15.5. The first-order valence-corrected chi connectivity index (χ1v) is 8.25. The molecular formula is C18H26FNO6. The molecule has 0 bridgehead atoms. The highest BCUT2D eigenvalue weighted by Crippen LogP contribution is 2.32. The predicted octanol–water partition coefficient (Wildman–Crippen LogP) is 2.83. The maximum atomic E-state index is 12.3. The molecule has 3 N–H and O–H groups in total. The fourth-order valence-electron chi connectivity index (χ4n) is 2.16. The molecular weight excluding hydrogens is 345 g/mol. The van der Waals surface area contributed by atoms with Gasteiger partial charge >= 0.3 is 11.9 Å². The van der Waals surface area contributed by atoms with Gasteiger partial charge in [0, 0.05) is 12.0 Å². The van der Waals surface area contributed by atoms with Crippen molar-refractivity contribution in [2.75, 3.05) is 13.3 Å². The molecule has 0 fully saturated rings. The van der Waals surface area contributed by atoms with Crippen LogP contribution in [0, 0.1) is 6.92 Å². The summed E-state index contributed by atoms with van der Waals surface area (Å²) in [6.45, 7) is 6.03. The number of rotatable bonds is 9. The molecule has 1 atom stereocenters. The number of nitrogens with two attached hydrogens (primary N) is 1. The molecule has 1 aromatic rings. The summed E-state index contributed by atoms with van der Waals surface area (Å²) in [6.07, 6.45) is -0.753. The van der Waals surface area contributed by atoms with Crippen molar-refractivity contribution in [1.29, 1.82) is 0 Å². The Morgan fingerprint density at radius 2 is 1.96 bits per heavy atom. The maximum Gasteiger partial charge on any atom is 0.339 e. The Bertz CT molecular complexity index is 641. The van der Waals surface area contributed by atoms with Gasteiger partial charge < -0.3 is 19.3 Å². The summed E-state index contributed by atoms with van der Waals surface area (Å²) in [5.74, 6) is -1.28. The van der Waals surface area contributed by atoms with Gasteiger partial charge in [-0.25, -0.2) is 9.18 Å². The second kappa shape index (κ2) is 9.38. The fourth-order valence-corrected chi connectivity index (χ4v) is 2.16. The van der Waals surface area contributed by atoms with Crippen molar-refractivity contribution in [3.8, 4) is 11.5 Å². The van der Waals surface area contributed by atoms with E-state index >= 15 is 0 Å². The molecule has 0 saturated heterocycles. The van der Waals surface area contributed by atoms with Crippen LogP contribution in [0.2, 0.25) is 0 Å². The van der Waals surface area contributed by atoms with E-state index in [1.54, 1.807) is 27.7 Å². The van der Waals surface area contributed by atoms with Crippen LogP contribution in [0.15, 0.2) is 12.1 Å². The Labute approximate surface area is 152 Å². The molecule has 0 saturated carbocycles. The first-order valence-electron chi connectivity index (χ1n) is 8.25. The van der Waals surface area contributed by atoms with Gasteiger partial charge in [-0.15, -0.1) is 0 Å².